The van der Waals surface area contributed by atoms with Gasteiger partial charge >= 0.3 is 18.0 Å². The second kappa shape index (κ2) is 5.15. The van der Waals surface area contributed by atoms with Gasteiger partial charge in [-0.3, -0.25) is 4.89 Å². The molecule has 0 saturated heterocycles. The summed E-state index contributed by atoms with van der Waals surface area (Å²) in [6, 6.07) is 0. The Bertz CT molecular complexity index is 267. The van der Waals surface area contributed by atoms with Crippen LogP contribution in [0, 0.1) is 0 Å². The first kappa shape index (κ1) is 13.2. The van der Waals surface area contributed by atoms with Crippen LogP contribution >= 0.6 is 0 Å². The summed E-state index contributed by atoms with van der Waals surface area (Å²) in [5.41, 5.74) is 0.452. The highest BCUT2D eigenvalue weighted by Crippen LogP contribution is 2.06. The molecule has 2 N–H and O–H groups in total. The topological polar surface area (TPSA) is 111 Å². The van der Waals surface area contributed by atoms with E-state index >= 15 is 0 Å². The Kier molecular flexibility index (Phi) is 4.52. The highest BCUT2D eigenvalue weighted by molar-refractivity contribution is 6.29. The van der Waals surface area contributed by atoms with Crippen LogP contribution in [-0.2, 0) is 24.2 Å². The van der Waals surface area contributed by atoms with Gasteiger partial charge in [0.15, 0.2) is 0 Å². The van der Waals surface area contributed by atoms with Gasteiger partial charge in [0.1, 0.15) is 5.60 Å². The molecule has 0 spiro atoms. The van der Waals surface area contributed by atoms with E-state index in [1.54, 1.807) is 20.8 Å². The van der Waals surface area contributed by atoms with Crippen molar-refractivity contribution < 1.29 is 34.1 Å². The summed E-state index contributed by atoms with van der Waals surface area (Å²) < 4.78 is 0. The number of hydrogen-bond donors (Lipinski definition) is 2. The molecular weight excluding hydrogens is 210 g/mol. The van der Waals surface area contributed by atoms with E-state index in [0.29, 0.717) is 0 Å². The molecule has 0 aromatic rings. The summed E-state index contributed by atoms with van der Waals surface area (Å²) in [5.74, 6) is -2.99. The van der Waals surface area contributed by atoms with Crippen LogP contribution in [0.15, 0.2) is 0 Å². The van der Waals surface area contributed by atoms with Crippen LogP contribution in [0.5, 0.6) is 0 Å². The van der Waals surface area contributed by atoms with Crippen LogP contribution in [0.4, 0.5) is 4.79 Å². The minimum absolute atomic E-state index is 0.782. The summed E-state index contributed by atoms with van der Waals surface area (Å²) in [7, 11) is 0. The Morgan fingerprint density at radius 2 is 1.67 bits per heavy atom. The lowest BCUT2D eigenvalue weighted by molar-refractivity contribution is -0.319. The standard InChI is InChI=1S/C7H11NO7/c1-7(2,3)15-14-5(10)4(9)13-8-6(11)12/h8H,1-3H3,(H,11,12). The van der Waals surface area contributed by atoms with Gasteiger partial charge in [-0.25, -0.2) is 14.4 Å². The van der Waals surface area contributed by atoms with Gasteiger partial charge < -0.3 is 9.94 Å². The van der Waals surface area contributed by atoms with Crippen molar-refractivity contribution in [2.45, 2.75) is 26.4 Å². The lowest BCUT2D eigenvalue weighted by Crippen LogP contribution is -2.32. The zero-order chi connectivity index (χ0) is 12.1. The molecule has 0 unspecified atom stereocenters. The average Bonchev–Trinajstić information content (AvgIpc) is 2.08. The maximum absolute atomic E-state index is 10.7. The molecule has 0 rings (SSSR count). The second-order valence-corrected chi connectivity index (χ2v) is 3.36. The van der Waals surface area contributed by atoms with Crippen molar-refractivity contribution in [3.05, 3.63) is 0 Å². The number of hydroxylamine groups is 1. The minimum Gasteiger partial charge on any atom is -0.463 e. The molecule has 0 heterocycles. The van der Waals surface area contributed by atoms with Gasteiger partial charge in [0, 0.05) is 0 Å². The zero-order valence-corrected chi connectivity index (χ0v) is 8.40. The largest absolute Gasteiger partial charge is 0.463 e. The molecule has 0 bridgehead atoms. The van der Waals surface area contributed by atoms with Crippen molar-refractivity contribution in [1.29, 1.82) is 0 Å². The van der Waals surface area contributed by atoms with Crippen LogP contribution in [0.1, 0.15) is 20.8 Å². The first-order valence-corrected chi connectivity index (χ1v) is 3.82. The molecule has 0 atom stereocenters. The summed E-state index contributed by atoms with van der Waals surface area (Å²) in [4.78, 5) is 43.6. The summed E-state index contributed by atoms with van der Waals surface area (Å²) >= 11 is 0. The van der Waals surface area contributed by atoms with E-state index < -0.39 is 23.6 Å². The molecule has 0 aliphatic carbocycles. The Morgan fingerprint density at radius 3 is 2.07 bits per heavy atom. The van der Waals surface area contributed by atoms with E-state index in [1.165, 1.54) is 5.48 Å². The quantitative estimate of drug-likeness (QED) is 0.363. The zero-order valence-electron chi connectivity index (χ0n) is 8.40. The molecule has 8 nitrogen and oxygen atoms in total. The Labute approximate surface area is 85.0 Å². The fourth-order valence-corrected chi connectivity index (χ4v) is 0.329. The molecule has 0 aromatic carbocycles. The number of carbonyl (C=O) groups is 3. The van der Waals surface area contributed by atoms with Crippen LogP contribution in [-0.4, -0.2) is 28.7 Å². The lowest BCUT2D eigenvalue weighted by Gasteiger charge is -2.15. The highest BCUT2D eigenvalue weighted by atomic mass is 17.2. The van der Waals surface area contributed by atoms with Crippen LogP contribution in [0.25, 0.3) is 0 Å². The molecule has 86 valence electrons. The molecule has 0 aliphatic rings. The van der Waals surface area contributed by atoms with Gasteiger partial charge in [0.25, 0.3) is 0 Å². The fourth-order valence-electron chi connectivity index (χ4n) is 0.329. The van der Waals surface area contributed by atoms with Gasteiger partial charge in [-0.1, -0.05) is 0 Å². The molecular formula is C7H11NO7. The van der Waals surface area contributed by atoms with Gasteiger partial charge in [-0.2, -0.15) is 4.89 Å². The third kappa shape index (κ3) is 7.26. The molecule has 0 fully saturated rings. The predicted octanol–water partition coefficient (Wildman–Crippen LogP) is -0.0145. The molecule has 1 amide bonds. The number of carbonyl (C=O) groups excluding carboxylic acids is 2. The van der Waals surface area contributed by atoms with Gasteiger partial charge in [0.05, 0.1) is 0 Å². The van der Waals surface area contributed by atoms with Crippen molar-refractivity contribution in [1.82, 2.24) is 5.48 Å². The lowest BCUT2D eigenvalue weighted by atomic mass is 10.2. The monoisotopic (exact) mass is 221 g/mol. The molecule has 0 radical (unpaired) electrons. The number of rotatable bonds is 1. The van der Waals surface area contributed by atoms with E-state index in [9.17, 15) is 14.4 Å². The first-order chi connectivity index (χ1) is 6.72. The smallest absolute Gasteiger partial charge is 0.452 e. The molecule has 8 heteroatoms. The van der Waals surface area contributed by atoms with Crippen molar-refractivity contribution in [2.24, 2.45) is 0 Å². The minimum atomic E-state index is -1.62. The number of nitrogens with one attached hydrogen (secondary N) is 1. The maximum Gasteiger partial charge on any atom is 0.452 e. The summed E-state index contributed by atoms with van der Waals surface area (Å²) in [6.07, 6.45) is -1.62. The van der Waals surface area contributed by atoms with Crippen molar-refractivity contribution in [2.75, 3.05) is 0 Å². The Balaban J connectivity index is 3.90. The molecule has 15 heavy (non-hydrogen) atoms. The third-order valence-electron chi connectivity index (χ3n) is 0.765. The SMILES string of the molecule is CC(C)(C)OOC(=O)C(=O)ONC(=O)O. The highest BCUT2D eigenvalue weighted by Gasteiger charge is 2.23. The van der Waals surface area contributed by atoms with Gasteiger partial charge in [0.2, 0.25) is 0 Å². The number of hydrogen-bond acceptors (Lipinski definition) is 6. The molecule has 0 aromatic heterocycles. The number of amides is 1. The molecule has 0 aliphatic heterocycles. The summed E-state index contributed by atoms with van der Waals surface area (Å²) in [6.45, 7) is 4.75. The average molecular weight is 221 g/mol. The number of carboxylic acid groups (broad SMARTS) is 1. The van der Waals surface area contributed by atoms with Gasteiger partial charge in [-0.05, 0) is 20.8 Å². The van der Waals surface area contributed by atoms with E-state index in [2.05, 4.69) is 14.6 Å². The fraction of sp³-hybridized carbons (Fsp3) is 0.571. The van der Waals surface area contributed by atoms with Crippen LogP contribution in [0.3, 0.4) is 0 Å². The van der Waals surface area contributed by atoms with Crippen molar-refractivity contribution in [3.63, 3.8) is 0 Å². The second-order valence-electron chi connectivity index (χ2n) is 3.36. The van der Waals surface area contributed by atoms with Crippen molar-refractivity contribution >= 4 is 18.0 Å². The Hall–Kier alpha value is -1.83. The normalized spacial score (nSPS) is 10.3. The van der Waals surface area contributed by atoms with E-state index in [-0.39, 0.29) is 0 Å². The van der Waals surface area contributed by atoms with Crippen molar-refractivity contribution in [3.8, 4) is 0 Å². The summed E-state index contributed by atoms with van der Waals surface area (Å²) in [5, 5.41) is 8.03. The van der Waals surface area contributed by atoms with Gasteiger partial charge in [-0.15, -0.1) is 5.48 Å². The van der Waals surface area contributed by atoms with E-state index in [4.69, 9.17) is 5.11 Å². The van der Waals surface area contributed by atoms with Crippen LogP contribution < -0.4 is 5.48 Å². The Morgan fingerprint density at radius 1 is 1.13 bits per heavy atom. The van der Waals surface area contributed by atoms with E-state index in [1.807, 2.05) is 0 Å². The van der Waals surface area contributed by atoms with E-state index in [0.717, 1.165) is 0 Å². The third-order valence-corrected chi connectivity index (χ3v) is 0.765. The van der Waals surface area contributed by atoms with Crippen LogP contribution in [0.2, 0.25) is 0 Å². The molecule has 0 saturated carbocycles. The first-order valence-electron chi connectivity index (χ1n) is 3.82. The maximum atomic E-state index is 10.7. The predicted molar refractivity (Wildman–Crippen MR) is 44.2 cm³/mol.